The van der Waals surface area contributed by atoms with Crippen molar-refractivity contribution < 1.29 is 23.5 Å². The highest BCUT2D eigenvalue weighted by molar-refractivity contribution is 5.95. The van der Waals surface area contributed by atoms with E-state index < -0.39 is 17.2 Å². The molecule has 9 heteroatoms. The molecule has 0 N–H and O–H groups in total. The molecule has 3 heterocycles. The van der Waals surface area contributed by atoms with E-state index in [0.717, 1.165) is 6.42 Å². The van der Waals surface area contributed by atoms with Crippen LogP contribution in [0.3, 0.4) is 0 Å². The minimum atomic E-state index is -1.75. The van der Waals surface area contributed by atoms with Gasteiger partial charge in [-0.05, 0) is 19.3 Å². The Morgan fingerprint density at radius 2 is 2.15 bits per heavy atom. The predicted molar refractivity (Wildman–Crippen MR) is 89.3 cm³/mol. The molecule has 2 amide bonds. The van der Waals surface area contributed by atoms with E-state index in [-0.39, 0.29) is 45.1 Å². The van der Waals surface area contributed by atoms with E-state index in [1.54, 1.807) is 29.0 Å². The molecule has 1 aliphatic carbocycles. The number of morpholine rings is 1. The number of carbonyl (C=O) groups is 2. The maximum atomic E-state index is 14.6. The smallest absolute Gasteiger partial charge is 0.260 e. The fourth-order valence-electron chi connectivity index (χ4n) is 3.74. The first kappa shape index (κ1) is 17.4. The quantitative estimate of drug-likeness (QED) is 0.751. The van der Waals surface area contributed by atoms with Crippen molar-refractivity contribution in [1.29, 1.82) is 0 Å². The summed E-state index contributed by atoms with van der Waals surface area (Å²) in [6.07, 6.45) is 4.65. The van der Waals surface area contributed by atoms with Gasteiger partial charge in [0.15, 0.2) is 5.67 Å². The molecule has 4 rings (SSSR count). The average molecular weight is 366 g/mol. The third-order valence-electron chi connectivity index (χ3n) is 5.42. The summed E-state index contributed by atoms with van der Waals surface area (Å²) < 4.78 is 27.7. The Balaban J connectivity index is 1.55. The van der Waals surface area contributed by atoms with Crippen molar-refractivity contribution in [3.05, 3.63) is 12.4 Å². The monoisotopic (exact) mass is 366 g/mol. The summed E-state index contributed by atoms with van der Waals surface area (Å²) in [6.45, 7) is 1.24. The lowest BCUT2D eigenvalue weighted by molar-refractivity contribution is -0.158. The van der Waals surface area contributed by atoms with Gasteiger partial charge in [0.25, 0.3) is 11.8 Å². The van der Waals surface area contributed by atoms with Gasteiger partial charge in [-0.25, -0.2) is 4.39 Å². The van der Waals surface area contributed by atoms with Crippen LogP contribution in [0.4, 0.5) is 10.1 Å². The molecule has 1 aromatic heterocycles. The second kappa shape index (κ2) is 6.31. The Bertz CT molecular complexity index is 719. The summed E-state index contributed by atoms with van der Waals surface area (Å²) in [7, 11) is 1.78. The highest BCUT2D eigenvalue weighted by Crippen LogP contribution is 2.38. The molecule has 3 aliphatic rings. The maximum absolute atomic E-state index is 14.6. The number of alkyl halides is 1. The van der Waals surface area contributed by atoms with Crippen LogP contribution in [-0.4, -0.2) is 77.2 Å². The topological polar surface area (TPSA) is 76.9 Å². The van der Waals surface area contributed by atoms with Gasteiger partial charge in [-0.2, -0.15) is 5.10 Å². The van der Waals surface area contributed by atoms with E-state index in [1.165, 1.54) is 4.90 Å². The van der Waals surface area contributed by atoms with Gasteiger partial charge < -0.3 is 19.3 Å². The Hall–Kier alpha value is -2.00. The molecule has 3 fully saturated rings. The molecular weight excluding hydrogens is 343 g/mol. The lowest BCUT2D eigenvalue weighted by atomic mass is 9.80. The van der Waals surface area contributed by atoms with Crippen LogP contribution in [0.2, 0.25) is 0 Å². The van der Waals surface area contributed by atoms with Gasteiger partial charge in [0.2, 0.25) is 0 Å². The number of anilines is 1. The van der Waals surface area contributed by atoms with Crippen molar-refractivity contribution in [2.45, 2.75) is 30.5 Å². The minimum Gasteiger partial charge on any atom is -0.376 e. The number of rotatable bonds is 2. The normalized spacial score (nSPS) is 28.8. The number of hydrogen-bond donors (Lipinski definition) is 0. The van der Waals surface area contributed by atoms with Gasteiger partial charge in [-0.3, -0.25) is 14.3 Å². The van der Waals surface area contributed by atoms with Crippen molar-refractivity contribution in [3.8, 4) is 0 Å². The molecule has 0 bridgehead atoms. The van der Waals surface area contributed by atoms with E-state index >= 15 is 0 Å². The number of carbonyl (C=O) groups excluding carboxylic acids is 2. The van der Waals surface area contributed by atoms with Crippen LogP contribution in [0.15, 0.2) is 12.4 Å². The first-order valence-electron chi connectivity index (χ1n) is 8.90. The average Bonchev–Trinajstić information content (AvgIpc) is 2.92. The van der Waals surface area contributed by atoms with Gasteiger partial charge in [0, 0.05) is 19.8 Å². The standard InChI is InChI=1S/C17H23FN4O4/c1-20-8-13(7-19-20)22-11-16(26-9-14(22)23)10-21(5-6-25-12-16)15(24)17(18)3-2-4-17/h7-8H,2-6,9-12H2,1H3. The Morgan fingerprint density at radius 1 is 1.35 bits per heavy atom. The van der Waals surface area contributed by atoms with Crippen molar-refractivity contribution in [1.82, 2.24) is 14.7 Å². The van der Waals surface area contributed by atoms with E-state index in [4.69, 9.17) is 9.47 Å². The summed E-state index contributed by atoms with van der Waals surface area (Å²) in [6, 6.07) is 0. The fraction of sp³-hybridized carbons (Fsp3) is 0.706. The highest BCUT2D eigenvalue weighted by Gasteiger charge is 2.50. The van der Waals surface area contributed by atoms with Crippen LogP contribution in [0, 0.1) is 0 Å². The second-order valence-electron chi connectivity index (χ2n) is 7.42. The third kappa shape index (κ3) is 2.99. The molecule has 142 valence electrons. The van der Waals surface area contributed by atoms with Gasteiger partial charge in [-0.1, -0.05) is 0 Å². The molecule has 1 unspecified atom stereocenters. The number of hydrogen-bond acceptors (Lipinski definition) is 5. The number of halogens is 1. The van der Waals surface area contributed by atoms with E-state index in [9.17, 15) is 14.0 Å². The van der Waals surface area contributed by atoms with Crippen LogP contribution >= 0.6 is 0 Å². The van der Waals surface area contributed by atoms with E-state index in [2.05, 4.69) is 5.10 Å². The van der Waals surface area contributed by atoms with Gasteiger partial charge in [-0.15, -0.1) is 0 Å². The molecule has 8 nitrogen and oxygen atoms in total. The Labute approximate surface area is 150 Å². The molecule has 1 aromatic rings. The first-order valence-corrected chi connectivity index (χ1v) is 8.90. The van der Waals surface area contributed by atoms with Gasteiger partial charge in [0.1, 0.15) is 12.2 Å². The molecule has 0 radical (unpaired) electrons. The number of aryl methyl sites for hydroxylation is 1. The van der Waals surface area contributed by atoms with Crippen molar-refractivity contribution in [2.75, 3.05) is 44.4 Å². The molecule has 2 saturated heterocycles. The molecule has 1 atom stereocenters. The van der Waals surface area contributed by atoms with E-state index in [1.807, 2.05) is 0 Å². The van der Waals surface area contributed by atoms with Gasteiger partial charge >= 0.3 is 0 Å². The zero-order valence-corrected chi connectivity index (χ0v) is 14.8. The molecule has 1 saturated carbocycles. The maximum Gasteiger partial charge on any atom is 0.260 e. The van der Waals surface area contributed by atoms with Crippen molar-refractivity contribution >= 4 is 17.5 Å². The fourth-order valence-corrected chi connectivity index (χ4v) is 3.74. The van der Waals surface area contributed by atoms with Crippen LogP contribution in [0.5, 0.6) is 0 Å². The molecule has 2 aliphatic heterocycles. The third-order valence-corrected chi connectivity index (χ3v) is 5.42. The molecule has 26 heavy (non-hydrogen) atoms. The largest absolute Gasteiger partial charge is 0.376 e. The highest BCUT2D eigenvalue weighted by atomic mass is 19.1. The summed E-state index contributed by atoms with van der Waals surface area (Å²) >= 11 is 0. The molecule has 0 aromatic carbocycles. The summed E-state index contributed by atoms with van der Waals surface area (Å²) in [5.41, 5.74) is -1.95. The zero-order chi connectivity index (χ0) is 18.4. The number of nitrogens with zero attached hydrogens (tertiary/aromatic N) is 4. The number of ether oxygens (including phenoxy) is 2. The molecular formula is C17H23FN4O4. The van der Waals surface area contributed by atoms with Crippen LogP contribution in [0.1, 0.15) is 19.3 Å². The lowest BCUT2D eigenvalue weighted by Gasteiger charge is -2.44. The summed E-state index contributed by atoms with van der Waals surface area (Å²) in [4.78, 5) is 28.1. The van der Waals surface area contributed by atoms with Crippen LogP contribution in [-0.2, 0) is 26.1 Å². The van der Waals surface area contributed by atoms with Gasteiger partial charge in [0.05, 0.1) is 38.2 Å². The molecule has 1 spiro atoms. The second-order valence-corrected chi connectivity index (χ2v) is 7.42. The van der Waals surface area contributed by atoms with Crippen LogP contribution < -0.4 is 4.90 Å². The SMILES string of the molecule is Cn1cc(N2CC3(COCCN(C(=O)C4(F)CCC4)C3)OCC2=O)cn1. The summed E-state index contributed by atoms with van der Waals surface area (Å²) in [5, 5.41) is 4.11. The summed E-state index contributed by atoms with van der Waals surface area (Å²) in [5.74, 6) is -0.659. The Morgan fingerprint density at radius 3 is 2.81 bits per heavy atom. The minimum absolute atomic E-state index is 0.110. The zero-order valence-electron chi connectivity index (χ0n) is 14.8. The van der Waals surface area contributed by atoms with Crippen LogP contribution in [0.25, 0.3) is 0 Å². The predicted octanol–water partition coefficient (Wildman–Crippen LogP) is 0.273. The lowest BCUT2D eigenvalue weighted by Crippen LogP contribution is -2.62. The van der Waals surface area contributed by atoms with Crippen molar-refractivity contribution in [3.63, 3.8) is 0 Å². The van der Waals surface area contributed by atoms with Crippen molar-refractivity contribution in [2.24, 2.45) is 7.05 Å². The number of amides is 2. The Kier molecular flexibility index (Phi) is 4.23. The number of aromatic nitrogens is 2. The van der Waals surface area contributed by atoms with E-state index in [0.29, 0.717) is 18.8 Å². The first-order chi connectivity index (χ1) is 12.4.